The number of nitrogens with one attached hydrogen (secondary N) is 1. The van der Waals surface area contributed by atoms with E-state index in [9.17, 15) is 9.59 Å². The Hall–Kier alpha value is -2.82. The fourth-order valence-corrected chi connectivity index (χ4v) is 1.86. The monoisotopic (exact) mass is 284 g/mol. The number of anilines is 1. The van der Waals surface area contributed by atoms with E-state index in [0.717, 1.165) is 11.3 Å². The van der Waals surface area contributed by atoms with Crippen LogP contribution in [0.3, 0.4) is 0 Å². The summed E-state index contributed by atoms with van der Waals surface area (Å²) < 4.78 is 4.64. The van der Waals surface area contributed by atoms with Gasteiger partial charge in [0.15, 0.2) is 0 Å². The molecule has 0 saturated heterocycles. The minimum atomic E-state index is -0.457. The summed E-state index contributed by atoms with van der Waals surface area (Å²) in [7, 11) is 1.35. The van der Waals surface area contributed by atoms with E-state index in [4.69, 9.17) is 5.73 Å². The highest BCUT2D eigenvalue weighted by Gasteiger charge is 2.04. The molecule has 0 heterocycles. The van der Waals surface area contributed by atoms with Crippen molar-refractivity contribution in [3.63, 3.8) is 0 Å². The molecule has 0 saturated carbocycles. The minimum absolute atomic E-state index is 0.358. The number of benzene rings is 2. The molecular formula is C16H16N2O3. The molecule has 0 spiro atoms. The zero-order valence-corrected chi connectivity index (χ0v) is 11.6. The summed E-state index contributed by atoms with van der Waals surface area (Å²) in [6.45, 7) is 0.573. The molecule has 0 aliphatic rings. The molecule has 0 bridgehead atoms. The van der Waals surface area contributed by atoms with Crippen molar-refractivity contribution in [3.8, 4) is 0 Å². The number of carbonyl (C=O) groups excluding carboxylic acids is 2. The Morgan fingerprint density at radius 2 is 1.81 bits per heavy atom. The lowest BCUT2D eigenvalue weighted by atomic mass is 10.1. The van der Waals surface area contributed by atoms with E-state index in [1.807, 2.05) is 18.2 Å². The summed E-state index contributed by atoms with van der Waals surface area (Å²) in [5.41, 5.74) is 8.02. The molecule has 0 fully saturated rings. The SMILES string of the molecule is COC(=O)c1ccc(CNc2cccc(C(N)=O)c2)cc1. The second-order valence-corrected chi connectivity index (χ2v) is 4.49. The standard InChI is InChI=1S/C16H16N2O3/c1-21-16(20)12-7-5-11(6-8-12)10-18-14-4-2-3-13(9-14)15(17)19/h2-9,18H,10H2,1H3,(H2,17,19). The maximum absolute atomic E-state index is 11.3. The van der Waals surface area contributed by atoms with Crippen molar-refractivity contribution in [2.45, 2.75) is 6.54 Å². The summed E-state index contributed by atoms with van der Waals surface area (Å²) in [5, 5.41) is 3.19. The van der Waals surface area contributed by atoms with Crippen molar-refractivity contribution in [1.29, 1.82) is 0 Å². The van der Waals surface area contributed by atoms with Gasteiger partial charge in [-0.3, -0.25) is 4.79 Å². The lowest BCUT2D eigenvalue weighted by Crippen LogP contribution is -2.11. The lowest BCUT2D eigenvalue weighted by Gasteiger charge is -2.08. The molecule has 0 unspecified atom stereocenters. The highest BCUT2D eigenvalue weighted by molar-refractivity contribution is 5.93. The first-order valence-corrected chi connectivity index (χ1v) is 6.41. The number of nitrogens with two attached hydrogens (primary N) is 1. The predicted octanol–water partition coefficient (Wildman–Crippen LogP) is 2.18. The van der Waals surface area contributed by atoms with E-state index in [2.05, 4.69) is 10.1 Å². The summed E-state index contributed by atoms with van der Waals surface area (Å²) in [5.74, 6) is -0.815. The number of hydrogen-bond donors (Lipinski definition) is 2. The molecule has 21 heavy (non-hydrogen) atoms. The molecule has 2 rings (SSSR count). The summed E-state index contributed by atoms with van der Waals surface area (Å²) in [6, 6.07) is 14.1. The molecule has 0 aliphatic carbocycles. The Morgan fingerprint density at radius 1 is 1.10 bits per heavy atom. The van der Waals surface area contributed by atoms with Crippen LogP contribution < -0.4 is 11.1 Å². The summed E-state index contributed by atoms with van der Waals surface area (Å²) in [6.07, 6.45) is 0. The van der Waals surface area contributed by atoms with Crippen molar-refractivity contribution in [1.82, 2.24) is 0 Å². The van der Waals surface area contributed by atoms with Gasteiger partial charge in [-0.15, -0.1) is 0 Å². The Kier molecular flexibility index (Phi) is 4.56. The predicted molar refractivity (Wildman–Crippen MR) is 80.1 cm³/mol. The van der Waals surface area contributed by atoms with Crippen LogP contribution in [-0.2, 0) is 11.3 Å². The Labute approximate surface area is 122 Å². The van der Waals surface area contributed by atoms with Crippen LogP contribution in [0.15, 0.2) is 48.5 Å². The van der Waals surface area contributed by atoms with Crippen molar-refractivity contribution in [3.05, 3.63) is 65.2 Å². The highest BCUT2D eigenvalue weighted by atomic mass is 16.5. The van der Waals surface area contributed by atoms with Gasteiger partial charge in [0.25, 0.3) is 0 Å². The average molecular weight is 284 g/mol. The number of carbonyl (C=O) groups is 2. The van der Waals surface area contributed by atoms with Crippen LogP contribution in [0.5, 0.6) is 0 Å². The lowest BCUT2D eigenvalue weighted by molar-refractivity contribution is 0.0600. The van der Waals surface area contributed by atoms with Crippen LogP contribution in [-0.4, -0.2) is 19.0 Å². The number of ether oxygens (including phenoxy) is 1. The molecule has 1 amide bonds. The van der Waals surface area contributed by atoms with Crippen LogP contribution in [0, 0.1) is 0 Å². The number of methoxy groups -OCH3 is 1. The number of esters is 1. The van der Waals surface area contributed by atoms with Gasteiger partial charge in [0.1, 0.15) is 0 Å². The minimum Gasteiger partial charge on any atom is -0.465 e. The Bertz CT molecular complexity index is 651. The Balaban J connectivity index is 2.01. The number of primary amides is 1. The molecule has 3 N–H and O–H groups in total. The average Bonchev–Trinajstić information content (AvgIpc) is 2.53. The molecule has 0 aliphatic heterocycles. The topological polar surface area (TPSA) is 81.4 Å². The molecular weight excluding hydrogens is 268 g/mol. The third kappa shape index (κ3) is 3.82. The quantitative estimate of drug-likeness (QED) is 0.825. The van der Waals surface area contributed by atoms with Crippen LogP contribution in [0.1, 0.15) is 26.3 Å². The van der Waals surface area contributed by atoms with Gasteiger partial charge >= 0.3 is 5.97 Å². The number of amides is 1. The van der Waals surface area contributed by atoms with Crippen LogP contribution >= 0.6 is 0 Å². The van der Waals surface area contributed by atoms with Gasteiger partial charge < -0.3 is 15.8 Å². The highest BCUT2D eigenvalue weighted by Crippen LogP contribution is 2.12. The van der Waals surface area contributed by atoms with Crippen molar-refractivity contribution in [2.75, 3.05) is 12.4 Å². The molecule has 0 radical (unpaired) electrons. The third-order valence-electron chi connectivity index (χ3n) is 3.02. The van der Waals surface area contributed by atoms with Crippen LogP contribution in [0.2, 0.25) is 0 Å². The maximum Gasteiger partial charge on any atom is 0.337 e. The maximum atomic E-state index is 11.3. The zero-order valence-electron chi connectivity index (χ0n) is 11.6. The van der Waals surface area contributed by atoms with Crippen molar-refractivity contribution in [2.24, 2.45) is 5.73 Å². The third-order valence-corrected chi connectivity index (χ3v) is 3.02. The normalized spacial score (nSPS) is 9.95. The molecule has 2 aromatic carbocycles. The van der Waals surface area contributed by atoms with Gasteiger partial charge in [-0.05, 0) is 35.9 Å². The van der Waals surface area contributed by atoms with Gasteiger partial charge in [-0.25, -0.2) is 4.79 Å². The van der Waals surface area contributed by atoms with E-state index in [1.54, 1.807) is 30.3 Å². The van der Waals surface area contributed by atoms with Gasteiger partial charge in [0.05, 0.1) is 12.7 Å². The van der Waals surface area contributed by atoms with Crippen LogP contribution in [0.25, 0.3) is 0 Å². The van der Waals surface area contributed by atoms with E-state index in [1.165, 1.54) is 7.11 Å². The van der Waals surface area contributed by atoms with E-state index in [-0.39, 0.29) is 5.97 Å². The molecule has 0 atom stereocenters. The van der Waals surface area contributed by atoms with E-state index >= 15 is 0 Å². The van der Waals surface area contributed by atoms with Gasteiger partial charge in [0.2, 0.25) is 5.91 Å². The van der Waals surface area contributed by atoms with Crippen molar-refractivity contribution >= 4 is 17.6 Å². The fraction of sp³-hybridized carbons (Fsp3) is 0.125. The molecule has 108 valence electrons. The van der Waals surface area contributed by atoms with Gasteiger partial charge in [-0.2, -0.15) is 0 Å². The Morgan fingerprint density at radius 3 is 2.43 bits per heavy atom. The number of rotatable bonds is 5. The molecule has 5 heteroatoms. The fourth-order valence-electron chi connectivity index (χ4n) is 1.86. The first kappa shape index (κ1) is 14.6. The second kappa shape index (κ2) is 6.56. The van der Waals surface area contributed by atoms with E-state index in [0.29, 0.717) is 17.7 Å². The summed E-state index contributed by atoms with van der Waals surface area (Å²) in [4.78, 5) is 22.4. The molecule has 5 nitrogen and oxygen atoms in total. The number of hydrogen-bond acceptors (Lipinski definition) is 4. The van der Waals surface area contributed by atoms with Crippen molar-refractivity contribution < 1.29 is 14.3 Å². The van der Waals surface area contributed by atoms with Crippen LogP contribution in [0.4, 0.5) is 5.69 Å². The largest absolute Gasteiger partial charge is 0.465 e. The smallest absolute Gasteiger partial charge is 0.337 e. The van der Waals surface area contributed by atoms with Gasteiger partial charge in [-0.1, -0.05) is 18.2 Å². The van der Waals surface area contributed by atoms with E-state index < -0.39 is 5.91 Å². The molecule has 0 aromatic heterocycles. The first-order valence-electron chi connectivity index (χ1n) is 6.41. The first-order chi connectivity index (χ1) is 10.1. The summed E-state index contributed by atoms with van der Waals surface area (Å²) >= 11 is 0. The second-order valence-electron chi connectivity index (χ2n) is 4.49. The zero-order chi connectivity index (χ0) is 15.2. The molecule has 2 aromatic rings. The van der Waals surface area contributed by atoms with Gasteiger partial charge in [0, 0.05) is 17.8 Å².